The quantitative estimate of drug-likeness (QED) is 0.162. The van der Waals surface area contributed by atoms with E-state index in [9.17, 15) is 28.8 Å². The minimum atomic E-state index is -0.997. The van der Waals surface area contributed by atoms with E-state index in [2.05, 4.69) is 57.4 Å². The molecule has 328 valence electrons. The molecule has 17 heteroatoms. The predicted octanol–water partition coefficient (Wildman–Crippen LogP) is 3.99. The standard InChI is InChI=1S/C47H49N11O6/c59-39-13-12-38(45(62)53-39)58-46(63)36-11-10-34(26-37(36)47(58)64)54-16-14-30(15-17-54)23-41(61)56-20-18-55(19-21-56)33-8-6-31(7-9-33)52-43-42-44(49-27-48-43)57(28-50-42)35-24-32(25-35)51-40(60)22-29-4-2-1-3-5-29/h1-11,26-28,30,32,35,38H,12-25H2,(H,51,60)(H,48,49,52)(H,53,59,62). The van der Waals surface area contributed by atoms with Gasteiger partial charge in [0.25, 0.3) is 11.8 Å². The maximum atomic E-state index is 13.5. The fraction of sp³-hybridized carbons (Fsp3) is 0.383. The molecule has 1 saturated carbocycles. The Morgan fingerprint density at radius 1 is 0.750 bits per heavy atom. The lowest BCUT2D eigenvalue weighted by Gasteiger charge is -2.38. The van der Waals surface area contributed by atoms with Crippen LogP contribution in [0.5, 0.6) is 0 Å². The molecule has 3 saturated heterocycles. The fourth-order valence-corrected chi connectivity index (χ4v) is 9.74. The van der Waals surface area contributed by atoms with E-state index in [1.807, 2.05) is 59.8 Å². The number of rotatable bonds is 11. The highest BCUT2D eigenvalue weighted by atomic mass is 16.2. The summed E-state index contributed by atoms with van der Waals surface area (Å²) in [6.07, 6.45) is 7.71. The topological polar surface area (TPSA) is 195 Å². The van der Waals surface area contributed by atoms with Crippen molar-refractivity contribution in [2.45, 2.75) is 69.5 Å². The Hall–Kier alpha value is -7.17. The van der Waals surface area contributed by atoms with Crippen molar-refractivity contribution >= 4 is 69.5 Å². The first-order valence-electron chi connectivity index (χ1n) is 22.2. The summed E-state index contributed by atoms with van der Waals surface area (Å²) < 4.78 is 2.08. The van der Waals surface area contributed by atoms with Crippen LogP contribution in [0.2, 0.25) is 0 Å². The zero-order valence-corrected chi connectivity index (χ0v) is 35.3. The van der Waals surface area contributed by atoms with Gasteiger partial charge in [0, 0.05) is 81.3 Å². The van der Waals surface area contributed by atoms with Crippen molar-refractivity contribution in [2.24, 2.45) is 5.92 Å². The van der Waals surface area contributed by atoms with Crippen molar-refractivity contribution in [1.29, 1.82) is 0 Å². The number of imidazole rings is 1. The Bertz CT molecular complexity index is 2630. The SMILES string of the molecule is O=C1CCC(N2C(=O)c3ccc(N4CCC(CC(=O)N5CCN(c6ccc(Nc7ncnc8c7ncn8C7CC(NC(=O)Cc8ccccc8)C7)cc6)CC5)CC4)cc3C2=O)C(=O)N1. The Balaban J connectivity index is 0.671. The Morgan fingerprint density at radius 2 is 1.47 bits per heavy atom. The molecule has 6 amide bonds. The normalized spacial score (nSPS) is 21.5. The van der Waals surface area contributed by atoms with E-state index in [4.69, 9.17) is 0 Å². The van der Waals surface area contributed by atoms with Gasteiger partial charge in [0.05, 0.1) is 23.9 Å². The number of nitrogens with one attached hydrogen (secondary N) is 3. The molecule has 5 aromatic rings. The Labute approximate surface area is 369 Å². The van der Waals surface area contributed by atoms with Gasteiger partial charge in [-0.3, -0.25) is 39.0 Å². The minimum Gasteiger partial charge on any atom is -0.371 e. The van der Waals surface area contributed by atoms with Crippen LogP contribution in [0.15, 0.2) is 85.5 Å². The van der Waals surface area contributed by atoms with E-state index in [0.29, 0.717) is 37.3 Å². The van der Waals surface area contributed by atoms with E-state index >= 15 is 0 Å². The Kier molecular flexibility index (Phi) is 11.0. The first-order chi connectivity index (χ1) is 31.1. The predicted molar refractivity (Wildman–Crippen MR) is 237 cm³/mol. The van der Waals surface area contributed by atoms with Crippen LogP contribution in [-0.2, 0) is 25.6 Å². The molecule has 0 spiro atoms. The summed E-state index contributed by atoms with van der Waals surface area (Å²) in [6, 6.07) is 22.5. The summed E-state index contributed by atoms with van der Waals surface area (Å²) in [5.41, 5.74) is 5.76. The van der Waals surface area contributed by atoms with Crippen molar-refractivity contribution in [2.75, 3.05) is 54.4 Å². The molecule has 4 aliphatic heterocycles. The average molecular weight is 864 g/mol. The van der Waals surface area contributed by atoms with Gasteiger partial charge >= 0.3 is 0 Å². The lowest BCUT2D eigenvalue weighted by Crippen LogP contribution is -2.54. The zero-order valence-electron chi connectivity index (χ0n) is 35.3. The van der Waals surface area contributed by atoms with E-state index < -0.39 is 29.7 Å². The second-order valence-corrected chi connectivity index (χ2v) is 17.4. The number of carbonyl (C=O) groups is 6. The van der Waals surface area contributed by atoms with Gasteiger partial charge in [0.2, 0.25) is 23.6 Å². The zero-order chi connectivity index (χ0) is 43.9. The molecule has 3 aromatic carbocycles. The number of carbonyl (C=O) groups excluding carboxylic acids is 6. The monoisotopic (exact) mass is 863 g/mol. The number of amides is 6. The summed E-state index contributed by atoms with van der Waals surface area (Å²) in [7, 11) is 0. The lowest BCUT2D eigenvalue weighted by atomic mass is 9.86. The van der Waals surface area contributed by atoms with Gasteiger partial charge in [0.1, 0.15) is 12.4 Å². The summed E-state index contributed by atoms with van der Waals surface area (Å²) in [5, 5.41) is 8.80. The second kappa shape index (κ2) is 17.2. The van der Waals surface area contributed by atoms with Gasteiger partial charge in [-0.1, -0.05) is 30.3 Å². The van der Waals surface area contributed by atoms with Gasteiger partial charge in [-0.15, -0.1) is 0 Å². The molecular formula is C47H49N11O6. The molecule has 0 bridgehead atoms. The van der Waals surface area contributed by atoms with E-state index in [1.165, 1.54) is 0 Å². The number of hydrogen-bond donors (Lipinski definition) is 3. The number of piperidine rings is 2. The van der Waals surface area contributed by atoms with Crippen LogP contribution in [0.4, 0.5) is 22.9 Å². The summed E-state index contributed by atoms with van der Waals surface area (Å²) in [5.74, 6) is -0.977. The van der Waals surface area contributed by atoms with Crippen LogP contribution in [-0.4, -0.2) is 116 Å². The molecule has 1 atom stereocenters. The van der Waals surface area contributed by atoms with Crippen LogP contribution >= 0.6 is 0 Å². The number of nitrogens with zero attached hydrogens (tertiary/aromatic N) is 8. The number of piperazine rings is 1. The summed E-state index contributed by atoms with van der Waals surface area (Å²) in [4.78, 5) is 97.8. The highest BCUT2D eigenvalue weighted by molar-refractivity contribution is 6.23. The molecule has 1 aliphatic carbocycles. The maximum Gasteiger partial charge on any atom is 0.262 e. The molecule has 1 unspecified atom stereocenters. The Morgan fingerprint density at radius 3 is 2.22 bits per heavy atom. The number of imide groups is 2. The molecule has 3 N–H and O–H groups in total. The largest absolute Gasteiger partial charge is 0.371 e. The number of benzene rings is 3. The van der Waals surface area contributed by atoms with Crippen molar-refractivity contribution in [1.82, 2.24) is 40.0 Å². The fourth-order valence-electron chi connectivity index (χ4n) is 9.74. The number of fused-ring (bicyclic) bond motifs is 2. The van der Waals surface area contributed by atoms with E-state index in [1.54, 1.807) is 18.5 Å². The van der Waals surface area contributed by atoms with E-state index in [-0.39, 0.29) is 53.8 Å². The molecule has 6 heterocycles. The number of aromatic nitrogens is 4. The first-order valence-corrected chi connectivity index (χ1v) is 22.2. The molecular weight excluding hydrogens is 815 g/mol. The first kappa shape index (κ1) is 40.9. The third-order valence-corrected chi connectivity index (χ3v) is 13.4. The molecule has 2 aromatic heterocycles. The molecule has 64 heavy (non-hydrogen) atoms. The molecule has 5 aliphatic rings. The minimum absolute atomic E-state index is 0.0327. The van der Waals surface area contributed by atoms with Crippen molar-refractivity contribution in [3.05, 3.63) is 102 Å². The van der Waals surface area contributed by atoms with Crippen molar-refractivity contribution < 1.29 is 28.8 Å². The average Bonchev–Trinajstić information content (AvgIpc) is 3.83. The van der Waals surface area contributed by atoms with E-state index in [0.717, 1.165) is 85.0 Å². The smallest absolute Gasteiger partial charge is 0.262 e. The van der Waals surface area contributed by atoms with Crippen LogP contribution in [0, 0.1) is 5.92 Å². The van der Waals surface area contributed by atoms with Crippen LogP contribution < -0.4 is 25.8 Å². The van der Waals surface area contributed by atoms with Gasteiger partial charge in [-0.2, -0.15) is 0 Å². The second-order valence-electron chi connectivity index (χ2n) is 17.4. The highest BCUT2D eigenvalue weighted by Crippen LogP contribution is 2.36. The molecule has 10 rings (SSSR count). The summed E-state index contributed by atoms with van der Waals surface area (Å²) >= 11 is 0. The van der Waals surface area contributed by atoms with Gasteiger partial charge in [-0.05, 0) is 86.1 Å². The van der Waals surface area contributed by atoms with Gasteiger partial charge < -0.3 is 29.9 Å². The maximum absolute atomic E-state index is 13.5. The third kappa shape index (κ3) is 8.13. The molecule has 4 fully saturated rings. The van der Waals surface area contributed by atoms with Crippen molar-refractivity contribution in [3.8, 4) is 0 Å². The highest BCUT2D eigenvalue weighted by Gasteiger charge is 2.45. The van der Waals surface area contributed by atoms with Crippen LogP contribution in [0.3, 0.4) is 0 Å². The number of hydrogen-bond acceptors (Lipinski definition) is 12. The lowest BCUT2D eigenvalue weighted by molar-refractivity contribution is -0.136. The third-order valence-electron chi connectivity index (χ3n) is 13.4. The van der Waals surface area contributed by atoms with Gasteiger partial charge in [0.15, 0.2) is 17.0 Å². The van der Waals surface area contributed by atoms with Gasteiger partial charge in [-0.25, -0.2) is 15.0 Å². The number of anilines is 4. The van der Waals surface area contributed by atoms with Crippen LogP contribution in [0.1, 0.15) is 77.3 Å². The van der Waals surface area contributed by atoms with Crippen molar-refractivity contribution in [3.63, 3.8) is 0 Å². The van der Waals surface area contributed by atoms with Crippen LogP contribution in [0.25, 0.3) is 11.2 Å². The molecule has 17 nitrogen and oxygen atoms in total. The molecule has 0 radical (unpaired) electrons. The summed E-state index contributed by atoms with van der Waals surface area (Å²) in [6.45, 7) is 4.22.